The standard InChI is InChI=1S/C16H15NOS.C7H9N/c1-13-7-9-14(10-8-13)17-16(18)11-12-19-15-5-3-2-4-6-15;1-6-2-4-7(8)5-3-6/h2-12H,1H3,(H,17,18);2-5H,8H2,1H3/b12-11-;. The van der Waals surface area contributed by atoms with Crippen LogP contribution in [0.4, 0.5) is 11.4 Å². The summed E-state index contributed by atoms with van der Waals surface area (Å²) in [6.07, 6.45) is 1.54. The van der Waals surface area contributed by atoms with E-state index in [0.29, 0.717) is 0 Å². The normalized spacial score (nSPS) is 10.1. The zero-order valence-corrected chi connectivity index (χ0v) is 16.4. The predicted molar refractivity (Wildman–Crippen MR) is 117 cm³/mol. The number of thioether (sulfide) groups is 1. The van der Waals surface area contributed by atoms with E-state index in [1.165, 1.54) is 29.0 Å². The Balaban J connectivity index is 0.000000273. The Kier molecular flexibility index (Phi) is 8.20. The Morgan fingerprint density at radius 1 is 0.852 bits per heavy atom. The number of aryl methyl sites for hydroxylation is 2. The van der Waals surface area contributed by atoms with Crippen molar-refractivity contribution in [3.05, 3.63) is 101 Å². The Morgan fingerprint density at radius 3 is 1.96 bits per heavy atom. The first-order valence-electron chi connectivity index (χ1n) is 8.61. The van der Waals surface area contributed by atoms with Crippen molar-refractivity contribution in [1.82, 2.24) is 0 Å². The summed E-state index contributed by atoms with van der Waals surface area (Å²) in [6, 6.07) is 25.4. The number of rotatable bonds is 4. The molecule has 0 aliphatic carbocycles. The minimum Gasteiger partial charge on any atom is -0.399 e. The fourth-order valence-corrected chi connectivity index (χ4v) is 2.72. The minimum atomic E-state index is -0.118. The van der Waals surface area contributed by atoms with E-state index in [0.717, 1.165) is 16.3 Å². The topological polar surface area (TPSA) is 55.1 Å². The molecular weight excluding hydrogens is 352 g/mol. The summed E-state index contributed by atoms with van der Waals surface area (Å²) in [5, 5.41) is 4.61. The quantitative estimate of drug-likeness (QED) is 0.343. The van der Waals surface area contributed by atoms with Gasteiger partial charge in [0.05, 0.1) is 0 Å². The first-order chi connectivity index (χ1) is 13.0. The summed E-state index contributed by atoms with van der Waals surface area (Å²) < 4.78 is 0. The molecule has 3 N–H and O–H groups in total. The average molecular weight is 377 g/mol. The number of nitrogen functional groups attached to an aromatic ring is 1. The summed E-state index contributed by atoms with van der Waals surface area (Å²) in [7, 11) is 0. The lowest BCUT2D eigenvalue weighted by Crippen LogP contribution is -2.07. The van der Waals surface area contributed by atoms with Gasteiger partial charge in [-0.15, -0.1) is 0 Å². The number of carbonyl (C=O) groups is 1. The zero-order chi connectivity index (χ0) is 19.5. The molecule has 0 saturated heterocycles. The van der Waals surface area contributed by atoms with E-state index in [4.69, 9.17) is 5.73 Å². The van der Waals surface area contributed by atoms with Crippen LogP contribution in [-0.4, -0.2) is 5.91 Å². The van der Waals surface area contributed by atoms with Gasteiger partial charge in [-0.2, -0.15) is 0 Å². The van der Waals surface area contributed by atoms with Gasteiger partial charge in [-0.05, 0) is 55.7 Å². The van der Waals surface area contributed by atoms with Crippen molar-refractivity contribution < 1.29 is 4.79 Å². The molecule has 1 amide bonds. The molecule has 0 unspecified atom stereocenters. The maximum absolute atomic E-state index is 11.7. The minimum absolute atomic E-state index is 0.118. The molecule has 0 atom stereocenters. The lowest BCUT2D eigenvalue weighted by atomic mass is 10.2. The molecule has 27 heavy (non-hydrogen) atoms. The van der Waals surface area contributed by atoms with Crippen molar-refractivity contribution in [3.63, 3.8) is 0 Å². The van der Waals surface area contributed by atoms with Crippen LogP contribution in [0, 0.1) is 13.8 Å². The van der Waals surface area contributed by atoms with Crippen molar-refractivity contribution in [2.75, 3.05) is 11.1 Å². The van der Waals surface area contributed by atoms with Crippen molar-refractivity contribution in [1.29, 1.82) is 0 Å². The fourth-order valence-electron chi connectivity index (χ4n) is 2.06. The van der Waals surface area contributed by atoms with Gasteiger partial charge in [0.2, 0.25) is 5.91 Å². The summed E-state index contributed by atoms with van der Waals surface area (Å²) in [6.45, 7) is 4.06. The molecule has 0 spiro atoms. The number of benzene rings is 3. The molecule has 0 aliphatic rings. The molecule has 0 aromatic heterocycles. The molecule has 0 fully saturated rings. The molecule has 0 heterocycles. The number of nitrogens with two attached hydrogens (primary N) is 1. The third-order valence-corrected chi connectivity index (χ3v) is 4.38. The van der Waals surface area contributed by atoms with E-state index in [-0.39, 0.29) is 5.91 Å². The molecular formula is C23H24N2OS. The van der Waals surface area contributed by atoms with Crippen LogP contribution in [0.3, 0.4) is 0 Å². The summed E-state index contributed by atoms with van der Waals surface area (Å²) in [5.74, 6) is -0.118. The summed E-state index contributed by atoms with van der Waals surface area (Å²) in [4.78, 5) is 12.8. The Morgan fingerprint density at radius 2 is 1.41 bits per heavy atom. The maximum Gasteiger partial charge on any atom is 0.248 e. The van der Waals surface area contributed by atoms with Gasteiger partial charge in [0, 0.05) is 22.3 Å². The summed E-state index contributed by atoms with van der Waals surface area (Å²) >= 11 is 1.52. The van der Waals surface area contributed by atoms with Crippen LogP contribution in [0.15, 0.2) is 95.2 Å². The molecule has 3 aromatic rings. The fraction of sp³-hybridized carbons (Fsp3) is 0.0870. The van der Waals surface area contributed by atoms with Crippen LogP contribution in [0.2, 0.25) is 0 Å². The average Bonchev–Trinajstić information content (AvgIpc) is 2.67. The number of hydrogen-bond donors (Lipinski definition) is 2. The van der Waals surface area contributed by atoms with E-state index >= 15 is 0 Å². The number of hydrogen-bond acceptors (Lipinski definition) is 3. The largest absolute Gasteiger partial charge is 0.399 e. The number of nitrogens with one attached hydrogen (secondary N) is 1. The van der Waals surface area contributed by atoms with Gasteiger partial charge < -0.3 is 11.1 Å². The molecule has 138 valence electrons. The first-order valence-corrected chi connectivity index (χ1v) is 9.49. The van der Waals surface area contributed by atoms with E-state index < -0.39 is 0 Å². The Labute approximate surface area is 165 Å². The van der Waals surface area contributed by atoms with Crippen LogP contribution >= 0.6 is 11.8 Å². The molecule has 0 radical (unpaired) electrons. The van der Waals surface area contributed by atoms with E-state index in [2.05, 4.69) is 5.32 Å². The second-order valence-corrected chi connectivity index (χ2v) is 6.98. The molecule has 3 rings (SSSR count). The number of anilines is 2. The van der Waals surface area contributed by atoms with Crippen LogP contribution in [0.25, 0.3) is 0 Å². The highest BCUT2D eigenvalue weighted by molar-refractivity contribution is 8.02. The van der Waals surface area contributed by atoms with Gasteiger partial charge in [0.1, 0.15) is 0 Å². The lowest BCUT2D eigenvalue weighted by molar-refractivity contribution is -0.111. The SMILES string of the molecule is Cc1ccc(N)cc1.Cc1ccc(NC(=O)/C=C\Sc2ccccc2)cc1. The highest BCUT2D eigenvalue weighted by Gasteiger charge is 1.97. The van der Waals surface area contributed by atoms with Crippen LogP contribution in [0.1, 0.15) is 11.1 Å². The van der Waals surface area contributed by atoms with Crippen molar-refractivity contribution in [2.24, 2.45) is 0 Å². The second kappa shape index (κ2) is 10.9. The highest BCUT2D eigenvalue weighted by atomic mass is 32.2. The predicted octanol–water partition coefficient (Wildman–Crippen LogP) is 5.82. The highest BCUT2D eigenvalue weighted by Crippen LogP contribution is 2.18. The third kappa shape index (κ3) is 8.29. The molecule has 3 nitrogen and oxygen atoms in total. The summed E-state index contributed by atoms with van der Waals surface area (Å²) in [5.41, 5.74) is 9.49. The van der Waals surface area contributed by atoms with Gasteiger partial charge in [-0.1, -0.05) is 65.4 Å². The smallest absolute Gasteiger partial charge is 0.248 e. The molecule has 0 bridgehead atoms. The van der Waals surface area contributed by atoms with Gasteiger partial charge in [0.15, 0.2) is 0 Å². The van der Waals surface area contributed by atoms with Gasteiger partial charge in [0.25, 0.3) is 0 Å². The number of carbonyl (C=O) groups excluding carboxylic acids is 1. The molecule has 4 heteroatoms. The van der Waals surface area contributed by atoms with Gasteiger partial charge >= 0.3 is 0 Å². The van der Waals surface area contributed by atoms with Crippen molar-refractivity contribution >= 4 is 29.0 Å². The van der Waals surface area contributed by atoms with E-state index in [1.54, 1.807) is 5.41 Å². The lowest BCUT2D eigenvalue weighted by Gasteiger charge is -2.02. The second-order valence-electron chi connectivity index (χ2n) is 6.00. The molecule has 0 saturated carbocycles. The zero-order valence-electron chi connectivity index (χ0n) is 15.6. The van der Waals surface area contributed by atoms with E-state index in [9.17, 15) is 4.79 Å². The van der Waals surface area contributed by atoms with Crippen molar-refractivity contribution in [2.45, 2.75) is 18.7 Å². The van der Waals surface area contributed by atoms with Crippen molar-refractivity contribution in [3.8, 4) is 0 Å². The molecule has 0 aliphatic heterocycles. The van der Waals surface area contributed by atoms with E-state index in [1.807, 2.05) is 92.7 Å². The maximum atomic E-state index is 11.7. The van der Waals surface area contributed by atoms with Crippen LogP contribution in [-0.2, 0) is 4.79 Å². The van der Waals surface area contributed by atoms with Crippen LogP contribution < -0.4 is 11.1 Å². The van der Waals surface area contributed by atoms with Gasteiger partial charge in [-0.25, -0.2) is 0 Å². The monoisotopic (exact) mass is 376 g/mol. The Bertz CT molecular complexity index is 836. The first kappa shape index (κ1) is 20.3. The van der Waals surface area contributed by atoms with Gasteiger partial charge in [-0.3, -0.25) is 4.79 Å². The van der Waals surface area contributed by atoms with Crippen LogP contribution in [0.5, 0.6) is 0 Å². The molecule has 3 aromatic carbocycles. The number of amides is 1. The Hall–Kier alpha value is -2.98. The third-order valence-electron chi connectivity index (χ3n) is 3.56.